The van der Waals surface area contributed by atoms with E-state index in [9.17, 15) is 14.0 Å². The van der Waals surface area contributed by atoms with Crippen molar-refractivity contribution in [2.45, 2.75) is 45.1 Å². The lowest BCUT2D eigenvalue weighted by atomic mass is 9.77. The molecule has 0 radical (unpaired) electrons. The van der Waals surface area contributed by atoms with E-state index < -0.39 is 5.82 Å². The van der Waals surface area contributed by atoms with E-state index in [-0.39, 0.29) is 34.9 Å². The predicted molar refractivity (Wildman–Crippen MR) is 102 cm³/mol. The molecule has 3 fully saturated rings. The van der Waals surface area contributed by atoms with Crippen molar-refractivity contribution in [3.8, 4) is 11.5 Å². The van der Waals surface area contributed by atoms with Gasteiger partial charge < -0.3 is 19.6 Å². The van der Waals surface area contributed by atoms with E-state index in [2.05, 4.69) is 12.2 Å². The van der Waals surface area contributed by atoms with Crippen molar-refractivity contribution >= 4 is 12.2 Å². The molecule has 0 heterocycles. The molecule has 1 N–H and O–H groups in total. The first-order valence-electron chi connectivity index (χ1n) is 10.3. The Morgan fingerprint density at radius 2 is 1.96 bits per heavy atom. The number of carbonyl (C=O) groups is 2. The lowest BCUT2D eigenvalue weighted by Crippen LogP contribution is -2.44. The van der Waals surface area contributed by atoms with Gasteiger partial charge in [0.25, 0.3) is 5.91 Å². The molecule has 0 spiro atoms. The third kappa shape index (κ3) is 3.49. The summed E-state index contributed by atoms with van der Waals surface area (Å²) in [7, 11) is 1.41. The van der Waals surface area contributed by atoms with E-state index in [1.54, 1.807) is 0 Å². The van der Waals surface area contributed by atoms with Gasteiger partial charge >= 0.3 is 0 Å². The second-order valence-electron chi connectivity index (χ2n) is 8.78. The van der Waals surface area contributed by atoms with Gasteiger partial charge in [0.05, 0.1) is 19.3 Å². The molecule has 0 aromatic heterocycles. The number of rotatable bonds is 7. The maximum Gasteiger partial charge on any atom is 0.255 e. The van der Waals surface area contributed by atoms with Crippen LogP contribution in [0.15, 0.2) is 12.1 Å². The molecule has 0 unspecified atom stereocenters. The summed E-state index contributed by atoms with van der Waals surface area (Å²) in [4.78, 5) is 24.5. The maximum atomic E-state index is 14.4. The molecule has 1 aromatic rings. The van der Waals surface area contributed by atoms with Gasteiger partial charge in [0.2, 0.25) is 0 Å². The molecule has 3 aliphatic rings. The quantitative estimate of drug-likeness (QED) is 0.724. The highest BCUT2D eigenvalue weighted by Gasteiger charge is 2.48. The van der Waals surface area contributed by atoms with Crippen LogP contribution in [0.5, 0.6) is 11.5 Å². The summed E-state index contributed by atoms with van der Waals surface area (Å²) in [6.45, 7) is 2.64. The Kier molecular flexibility index (Phi) is 5.30. The predicted octanol–water partition coefficient (Wildman–Crippen LogP) is 3.60. The fraction of sp³-hybridized carbons (Fsp3) is 0.636. The Labute approximate surface area is 165 Å². The average Bonchev–Trinajstić information content (AvgIpc) is 3.26. The third-order valence-corrected chi connectivity index (χ3v) is 6.88. The van der Waals surface area contributed by atoms with Crippen molar-refractivity contribution in [2.75, 3.05) is 13.7 Å². The zero-order valence-electron chi connectivity index (χ0n) is 16.4. The molecule has 1 aromatic carbocycles. The number of ether oxygens (including phenoxy) is 2. The second kappa shape index (κ2) is 7.72. The molecule has 0 saturated heterocycles. The summed E-state index contributed by atoms with van der Waals surface area (Å²) in [6, 6.07) is 2.47. The smallest absolute Gasteiger partial charge is 0.255 e. The normalized spacial score (nSPS) is 33.2. The lowest BCUT2D eigenvalue weighted by molar-refractivity contribution is -0.113. The van der Waals surface area contributed by atoms with Crippen LogP contribution in [0.2, 0.25) is 0 Å². The number of fused-ring (bicyclic) bond motifs is 2. The monoisotopic (exact) mass is 389 g/mol. The summed E-state index contributed by atoms with van der Waals surface area (Å²) in [5.74, 6) is 1.08. The van der Waals surface area contributed by atoms with E-state index in [4.69, 9.17) is 9.47 Å². The molecule has 6 heteroatoms. The molecule has 3 saturated carbocycles. The molecule has 3 aliphatic carbocycles. The molecule has 1 amide bonds. The van der Waals surface area contributed by atoms with Gasteiger partial charge in [-0.15, -0.1) is 0 Å². The van der Waals surface area contributed by atoms with Crippen LogP contribution in [0.25, 0.3) is 0 Å². The number of aldehydes is 1. The number of hydrogen-bond donors (Lipinski definition) is 1. The topological polar surface area (TPSA) is 64.6 Å². The molecule has 4 atom stereocenters. The van der Waals surface area contributed by atoms with Crippen molar-refractivity contribution in [1.82, 2.24) is 5.32 Å². The van der Waals surface area contributed by atoms with E-state index in [1.165, 1.54) is 19.2 Å². The summed E-state index contributed by atoms with van der Waals surface area (Å²) < 4.78 is 25.3. The highest BCUT2D eigenvalue weighted by molar-refractivity contribution is 5.97. The number of carbonyl (C=O) groups excluding carboxylic acids is 2. The number of nitrogens with one attached hydrogen (secondary N) is 1. The largest absolute Gasteiger partial charge is 0.496 e. The number of amides is 1. The molecule has 2 bridgehead atoms. The van der Waals surface area contributed by atoms with E-state index in [1.807, 2.05) is 0 Å². The van der Waals surface area contributed by atoms with Crippen LogP contribution in [0.1, 0.15) is 49.4 Å². The zero-order chi connectivity index (χ0) is 19.8. The standard InChI is InChI=1S/C22H28FNO4/c1-12-5-13(6-12)11-28-20-8-16(19(27-2)9-18(20)23)22(26)24-21-15-4-3-14(7-15)17(21)10-25/h8-10,12-15,17,21H,3-7,11H2,1-2H3,(H,24,26)/t12-,13+,14-,15+,17-,21+/m0/s1. The molecule has 4 rings (SSSR count). The van der Waals surface area contributed by atoms with Gasteiger partial charge in [-0.1, -0.05) is 6.92 Å². The van der Waals surface area contributed by atoms with Crippen LogP contribution >= 0.6 is 0 Å². The second-order valence-corrected chi connectivity index (χ2v) is 8.78. The van der Waals surface area contributed by atoms with Crippen molar-refractivity contribution in [2.24, 2.45) is 29.6 Å². The van der Waals surface area contributed by atoms with Gasteiger partial charge in [-0.25, -0.2) is 4.39 Å². The number of benzene rings is 1. The van der Waals surface area contributed by atoms with E-state index in [0.29, 0.717) is 30.3 Å². The van der Waals surface area contributed by atoms with Gasteiger partial charge in [0.15, 0.2) is 11.6 Å². The SMILES string of the molecule is COc1cc(F)c(OC[C@H]2C[C@@H](C)C2)cc1C(=O)N[C@@H]1[C@@H]2CC[C@@H](C2)[C@@H]1C=O. The first kappa shape index (κ1) is 19.2. The Hall–Kier alpha value is -2.11. The average molecular weight is 389 g/mol. The minimum Gasteiger partial charge on any atom is -0.496 e. The highest BCUT2D eigenvalue weighted by atomic mass is 19.1. The maximum absolute atomic E-state index is 14.4. The number of hydrogen-bond acceptors (Lipinski definition) is 4. The van der Waals surface area contributed by atoms with Crippen LogP contribution in [-0.2, 0) is 4.79 Å². The fourth-order valence-electron chi connectivity index (χ4n) is 5.38. The van der Waals surface area contributed by atoms with Gasteiger partial charge in [-0.05, 0) is 61.8 Å². The van der Waals surface area contributed by atoms with Crippen molar-refractivity contribution in [3.05, 3.63) is 23.5 Å². The van der Waals surface area contributed by atoms with Crippen LogP contribution in [0.3, 0.4) is 0 Å². The summed E-state index contributed by atoms with van der Waals surface area (Å²) >= 11 is 0. The number of halogens is 1. The Balaban J connectivity index is 1.49. The van der Waals surface area contributed by atoms with Crippen LogP contribution in [0.4, 0.5) is 4.39 Å². The van der Waals surface area contributed by atoms with Crippen molar-refractivity contribution in [3.63, 3.8) is 0 Å². The number of methoxy groups -OCH3 is 1. The van der Waals surface area contributed by atoms with Crippen molar-refractivity contribution < 1.29 is 23.5 Å². The first-order chi connectivity index (χ1) is 13.5. The summed E-state index contributed by atoms with van der Waals surface area (Å²) in [6.07, 6.45) is 6.23. The molecule has 28 heavy (non-hydrogen) atoms. The van der Waals surface area contributed by atoms with E-state index in [0.717, 1.165) is 38.4 Å². The minimum atomic E-state index is -0.536. The summed E-state index contributed by atoms with van der Waals surface area (Å²) in [5.41, 5.74) is 0.244. The third-order valence-electron chi connectivity index (χ3n) is 6.88. The Bertz CT molecular complexity index is 761. The van der Waals surface area contributed by atoms with Crippen LogP contribution in [-0.4, -0.2) is 32.0 Å². The zero-order valence-corrected chi connectivity index (χ0v) is 16.4. The van der Waals surface area contributed by atoms with Gasteiger partial charge in [-0.3, -0.25) is 4.79 Å². The molecule has 5 nitrogen and oxygen atoms in total. The lowest BCUT2D eigenvalue weighted by Gasteiger charge is -2.32. The Morgan fingerprint density at radius 1 is 1.21 bits per heavy atom. The molecular weight excluding hydrogens is 361 g/mol. The summed E-state index contributed by atoms with van der Waals surface area (Å²) in [5, 5.41) is 3.01. The van der Waals surface area contributed by atoms with Gasteiger partial charge in [0, 0.05) is 18.0 Å². The van der Waals surface area contributed by atoms with Crippen molar-refractivity contribution in [1.29, 1.82) is 0 Å². The Morgan fingerprint density at radius 3 is 2.64 bits per heavy atom. The van der Waals surface area contributed by atoms with Gasteiger partial charge in [0.1, 0.15) is 12.0 Å². The van der Waals surface area contributed by atoms with Gasteiger partial charge in [-0.2, -0.15) is 0 Å². The first-order valence-corrected chi connectivity index (χ1v) is 10.3. The fourth-order valence-corrected chi connectivity index (χ4v) is 5.38. The minimum absolute atomic E-state index is 0.0744. The van der Waals surface area contributed by atoms with E-state index >= 15 is 0 Å². The highest BCUT2D eigenvalue weighted by Crippen LogP contribution is 2.47. The van der Waals surface area contributed by atoms with Crippen LogP contribution in [0, 0.1) is 35.4 Å². The molecular formula is C22H28FNO4. The molecule has 152 valence electrons. The van der Waals surface area contributed by atoms with Crippen LogP contribution < -0.4 is 14.8 Å². The molecule has 0 aliphatic heterocycles.